The van der Waals surface area contributed by atoms with E-state index in [-0.39, 0.29) is 5.75 Å². The normalized spacial score (nSPS) is 12.6. The van der Waals surface area contributed by atoms with E-state index in [2.05, 4.69) is 9.71 Å². The standard InChI is InChI=1S/C11H18N2O4S/c1-11(8-14,9-15)13-18(16,17)7-4-10-2-5-12-6-3-10/h2-3,5-6,13-15H,4,7-9H2,1H3. The topological polar surface area (TPSA) is 99.5 Å². The molecule has 0 aromatic carbocycles. The fraction of sp³-hybridized carbons (Fsp3) is 0.545. The Labute approximate surface area is 107 Å². The lowest BCUT2D eigenvalue weighted by atomic mass is 10.1. The van der Waals surface area contributed by atoms with Gasteiger partial charge in [0.25, 0.3) is 0 Å². The Balaban J connectivity index is 2.61. The highest BCUT2D eigenvalue weighted by atomic mass is 32.2. The number of aromatic nitrogens is 1. The Morgan fingerprint density at radius 1 is 1.28 bits per heavy atom. The minimum Gasteiger partial charge on any atom is -0.394 e. The van der Waals surface area contributed by atoms with E-state index in [0.717, 1.165) is 5.56 Å². The molecule has 0 saturated carbocycles. The molecule has 102 valence electrons. The molecule has 1 aromatic heterocycles. The lowest BCUT2D eigenvalue weighted by Crippen LogP contribution is -2.52. The van der Waals surface area contributed by atoms with Crippen molar-refractivity contribution in [3.63, 3.8) is 0 Å². The molecule has 0 spiro atoms. The van der Waals surface area contributed by atoms with Crippen LogP contribution >= 0.6 is 0 Å². The lowest BCUT2D eigenvalue weighted by Gasteiger charge is -2.25. The van der Waals surface area contributed by atoms with Gasteiger partial charge in [0.1, 0.15) is 0 Å². The first kappa shape index (κ1) is 15.0. The van der Waals surface area contributed by atoms with Gasteiger partial charge in [-0.25, -0.2) is 13.1 Å². The molecule has 0 aliphatic rings. The first-order valence-electron chi connectivity index (χ1n) is 5.53. The highest BCUT2D eigenvalue weighted by Crippen LogP contribution is 2.06. The quantitative estimate of drug-likeness (QED) is 0.610. The Morgan fingerprint density at radius 3 is 2.33 bits per heavy atom. The third-order valence-electron chi connectivity index (χ3n) is 2.51. The van der Waals surface area contributed by atoms with Crippen LogP contribution in [0.4, 0.5) is 0 Å². The van der Waals surface area contributed by atoms with E-state index in [1.165, 1.54) is 6.92 Å². The van der Waals surface area contributed by atoms with E-state index in [0.29, 0.717) is 6.42 Å². The highest BCUT2D eigenvalue weighted by Gasteiger charge is 2.28. The number of aliphatic hydroxyl groups excluding tert-OH is 2. The van der Waals surface area contributed by atoms with E-state index >= 15 is 0 Å². The molecule has 0 saturated heterocycles. The number of sulfonamides is 1. The molecule has 0 unspecified atom stereocenters. The minimum atomic E-state index is -3.55. The second kappa shape index (κ2) is 6.24. The maximum atomic E-state index is 11.8. The second-order valence-electron chi connectivity index (χ2n) is 4.40. The zero-order valence-electron chi connectivity index (χ0n) is 10.2. The summed E-state index contributed by atoms with van der Waals surface area (Å²) in [5.41, 5.74) is -0.359. The van der Waals surface area contributed by atoms with Crippen LogP contribution in [0.5, 0.6) is 0 Å². The van der Waals surface area contributed by atoms with Crippen molar-refractivity contribution in [1.29, 1.82) is 0 Å². The van der Waals surface area contributed by atoms with Crippen LogP contribution in [0.15, 0.2) is 24.5 Å². The molecule has 0 atom stereocenters. The monoisotopic (exact) mass is 274 g/mol. The predicted molar refractivity (Wildman–Crippen MR) is 67.4 cm³/mol. The average Bonchev–Trinajstić information content (AvgIpc) is 2.37. The molecule has 1 heterocycles. The first-order valence-corrected chi connectivity index (χ1v) is 7.18. The Hall–Kier alpha value is -1.02. The van der Waals surface area contributed by atoms with Crippen molar-refractivity contribution >= 4 is 10.0 Å². The van der Waals surface area contributed by atoms with Gasteiger partial charge in [0.05, 0.1) is 24.5 Å². The number of aliphatic hydroxyl groups is 2. The zero-order chi connectivity index (χ0) is 13.6. The van der Waals surface area contributed by atoms with Crippen LogP contribution in [0.25, 0.3) is 0 Å². The van der Waals surface area contributed by atoms with Gasteiger partial charge in [-0.15, -0.1) is 0 Å². The average molecular weight is 274 g/mol. The molecule has 0 bridgehead atoms. The number of hydrogen-bond acceptors (Lipinski definition) is 5. The Kier molecular flexibility index (Phi) is 5.21. The lowest BCUT2D eigenvalue weighted by molar-refractivity contribution is 0.122. The largest absolute Gasteiger partial charge is 0.394 e. The molecule has 0 amide bonds. The van der Waals surface area contributed by atoms with Gasteiger partial charge in [-0.2, -0.15) is 0 Å². The summed E-state index contributed by atoms with van der Waals surface area (Å²) in [7, 11) is -3.55. The van der Waals surface area contributed by atoms with Crippen molar-refractivity contribution in [3.8, 4) is 0 Å². The summed E-state index contributed by atoms with van der Waals surface area (Å²) >= 11 is 0. The fourth-order valence-electron chi connectivity index (χ4n) is 1.34. The number of pyridine rings is 1. The molecule has 0 aliphatic carbocycles. The van der Waals surface area contributed by atoms with Crippen molar-refractivity contribution in [3.05, 3.63) is 30.1 Å². The van der Waals surface area contributed by atoms with Gasteiger partial charge in [0.15, 0.2) is 0 Å². The number of aryl methyl sites for hydroxylation is 1. The smallest absolute Gasteiger partial charge is 0.212 e. The summed E-state index contributed by atoms with van der Waals surface area (Å²) in [4.78, 5) is 3.84. The van der Waals surface area contributed by atoms with Crippen LogP contribution in [-0.4, -0.2) is 48.1 Å². The Morgan fingerprint density at radius 2 is 1.83 bits per heavy atom. The number of hydrogen-bond donors (Lipinski definition) is 3. The third kappa shape index (κ3) is 4.69. The van der Waals surface area contributed by atoms with Crippen LogP contribution in [0.1, 0.15) is 12.5 Å². The van der Waals surface area contributed by atoms with E-state index < -0.39 is 28.8 Å². The molecule has 0 radical (unpaired) electrons. The van der Waals surface area contributed by atoms with Crippen molar-refractivity contribution in [1.82, 2.24) is 9.71 Å². The van der Waals surface area contributed by atoms with Crippen LogP contribution in [0.2, 0.25) is 0 Å². The SMILES string of the molecule is CC(CO)(CO)NS(=O)(=O)CCc1ccncc1. The summed E-state index contributed by atoms with van der Waals surface area (Å²) in [6.07, 6.45) is 3.55. The van der Waals surface area contributed by atoms with Crippen molar-refractivity contribution in [2.24, 2.45) is 0 Å². The summed E-state index contributed by atoms with van der Waals surface area (Å²) in [6.45, 7) is 0.521. The van der Waals surface area contributed by atoms with E-state index in [9.17, 15) is 8.42 Å². The van der Waals surface area contributed by atoms with E-state index in [1.807, 2.05) is 0 Å². The molecule has 18 heavy (non-hydrogen) atoms. The fourth-order valence-corrected chi connectivity index (χ4v) is 2.83. The molecule has 0 fully saturated rings. The number of rotatable bonds is 7. The van der Waals surface area contributed by atoms with Crippen LogP contribution in [0, 0.1) is 0 Å². The summed E-state index contributed by atoms with van der Waals surface area (Å²) in [5, 5.41) is 18.1. The van der Waals surface area contributed by atoms with Crippen molar-refractivity contribution in [2.75, 3.05) is 19.0 Å². The van der Waals surface area contributed by atoms with Crippen molar-refractivity contribution in [2.45, 2.75) is 18.9 Å². The molecular formula is C11H18N2O4S. The van der Waals surface area contributed by atoms with Gasteiger partial charge in [0.2, 0.25) is 10.0 Å². The Bertz CT molecular complexity index is 457. The molecule has 0 aliphatic heterocycles. The first-order chi connectivity index (χ1) is 8.41. The minimum absolute atomic E-state index is 0.105. The summed E-state index contributed by atoms with van der Waals surface area (Å²) in [5.74, 6) is -0.105. The molecule has 6 nitrogen and oxygen atoms in total. The summed E-state index contributed by atoms with van der Waals surface area (Å²) < 4.78 is 25.9. The zero-order valence-corrected chi connectivity index (χ0v) is 11.0. The molecule has 3 N–H and O–H groups in total. The third-order valence-corrected chi connectivity index (χ3v) is 4.05. The summed E-state index contributed by atoms with van der Waals surface area (Å²) in [6, 6.07) is 3.49. The number of nitrogens with zero attached hydrogens (tertiary/aromatic N) is 1. The molecule has 1 aromatic rings. The van der Waals surface area contributed by atoms with Crippen LogP contribution in [0.3, 0.4) is 0 Å². The maximum Gasteiger partial charge on any atom is 0.212 e. The maximum absolute atomic E-state index is 11.8. The molecule has 7 heteroatoms. The van der Waals surface area contributed by atoms with Crippen LogP contribution in [-0.2, 0) is 16.4 Å². The van der Waals surface area contributed by atoms with Gasteiger partial charge in [0, 0.05) is 12.4 Å². The molecular weight excluding hydrogens is 256 g/mol. The predicted octanol–water partition coefficient (Wildman–Crippen LogP) is -0.713. The van der Waals surface area contributed by atoms with Gasteiger partial charge in [-0.1, -0.05) is 0 Å². The second-order valence-corrected chi connectivity index (χ2v) is 6.25. The van der Waals surface area contributed by atoms with Crippen molar-refractivity contribution < 1.29 is 18.6 Å². The van der Waals surface area contributed by atoms with Gasteiger partial charge >= 0.3 is 0 Å². The highest BCUT2D eigenvalue weighted by molar-refractivity contribution is 7.89. The van der Waals surface area contributed by atoms with E-state index in [1.54, 1.807) is 24.5 Å². The van der Waals surface area contributed by atoms with Crippen LogP contribution < -0.4 is 4.72 Å². The molecule has 1 rings (SSSR count). The number of nitrogens with one attached hydrogen (secondary N) is 1. The van der Waals surface area contributed by atoms with Gasteiger partial charge < -0.3 is 10.2 Å². The van der Waals surface area contributed by atoms with Gasteiger partial charge in [-0.05, 0) is 31.0 Å². The van der Waals surface area contributed by atoms with E-state index in [4.69, 9.17) is 10.2 Å². The van der Waals surface area contributed by atoms with Gasteiger partial charge in [-0.3, -0.25) is 4.98 Å².